The number of amides is 3. The topological polar surface area (TPSA) is 111 Å². The van der Waals surface area contributed by atoms with Gasteiger partial charge in [0, 0.05) is 12.5 Å². The standard InChI is InChI=1S/C21H26Cl2N4O3/c1-21(2,3)10-16(27-20(30)17-14(22)5-4-6-15(17)23)19(29)26-13(11-24)9-12-7-8-25-18(12)28/h4-6,12-13,16H,7-10H2,1-3H3,(H,25,28)(H,26,29)(H,27,30)/t12-,13-,16-/m0/s1. The van der Waals surface area contributed by atoms with Crippen molar-refractivity contribution >= 4 is 40.9 Å². The van der Waals surface area contributed by atoms with Gasteiger partial charge in [0.25, 0.3) is 5.91 Å². The van der Waals surface area contributed by atoms with Crippen LogP contribution in [0.3, 0.4) is 0 Å². The molecule has 162 valence electrons. The number of nitrogens with zero attached hydrogens (tertiary/aromatic N) is 1. The maximum atomic E-state index is 12.9. The van der Waals surface area contributed by atoms with E-state index in [0.717, 1.165) is 0 Å². The number of benzene rings is 1. The van der Waals surface area contributed by atoms with Crippen LogP contribution < -0.4 is 16.0 Å². The molecule has 1 heterocycles. The van der Waals surface area contributed by atoms with Gasteiger partial charge in [-0.1, -0.05) is 50.0 Å². The lowest BCUT2D eigenvalue weighted by Gasteiger charge is -2.27. The Morgan fingerprint density at radius 3 is 2.40 bits per heavy atom. The molecular formula is C21H26Cl2N4O3. The third-order valence-corrected chi connectivity index (χ3v) is 5.41. The average molecular weight is 453 g/mol. The van der Waals surface area contributed by atoms with Crippen LogP contribution in [0.4, 0.5) is 0 Å². The van der Waals surface area contributed by atoms with Gasteiger partial charge in [0.2, 0.25) is 11.8 Å². The maximum Gasteiger partial charge on any atom is 0.254 e. The molecule has 1 aliphatic rings. The van der Waals surface area contributed by atoms with E-state index in [4.69, 9.17) is 23.2 Å². The van der Waals surface area contributed by atoms with Crippen molar-refractivity contribution in [3.05, 3.63) is 33.8 Å². The van der Waals surface area contributed by atoms with Crippen molar-refractivity contribution in [2.24, 2.45) is 11.3 Å². The number of rotatable bonds is 7. The van der Waals surface area contributed by atoms with Crippen molar-refractivity contribution in [2.75, 3.05) is 6.54 Å². The molecule has 2 rings (SSSR count). The summed E-state index contributed by atoms with van der Waals surface area (Å²) in [5.74, 6) is -1.49. The largest absolute Gasteiger partial charge is 0.356 e. The summed E-state index contributed by atoms with van der Waals surface area (Å²) in [6.07, 6.45) is 1.18. The monoisotopic (exact) mass is 452 g/mol. The molecule has 0 aliphatic carbocycles. The number of nitrogens with one attached hydrogen (secondary N) is 3. The van der Waals surface area contributed by atoms with Crippen molar-refractivity contribution in [2.45, 2.75) is 52.1 Å². The highest BCUT2D eigenvalue weighted by Crippen LogP contribution is 2.26. The number of carbonyl (C=O) groups excluding carboxylic acids is 3. The number of nitriles is 1. The van der Waals surface area contributed by atoms with E-state index in [1.165, 1.54) is 0 Å². The van der Waals surface area contributed by atoms with Crippen LogP contribution in [0.25, 0.3) is 0 Å². The number of halogens is 2. The van der Waals surface area contributed by atoms with E-state index >= 15 is 0 Å². The SMILES string of the molecule is CC(C)(C)C[C@H](NC(=O)c1c(Cl)cccc1Cl)C(=O)N[C@H](C#N)C[C@@H]1CCNC1=O. The van der Waals surface area contributed by atoms with Crippen molar-refractivity contribution in [3.8, 4) is 6.07 Å². The molecule has 9 heteroatoms. The normalized spacial score (nSPS) is 18.1. The molecule has 0 spiro atoms. The van der Waals surface area contributed by atoms with Crippen LogP contribution in [0.2, 0.25) is 10.0 Å². The molecule has 1 saturated heterocycles. The average Bonchev–Trinajstić information content (AvgIpc) is 3.03. The predicted octanol–water partition coefficient (Wildman–Crippen LogP) is 3.06. The van der Waals surface area contributed by atoms with E-state index < -0.39 is 23.9 Å². The van der Waals surface area contributed by atoms with Gasteiger partial charge in [0.05, 0.1) is 21.7 Å². The van der Waals surface area contributed by atoms with Crippen LogP contribution in [0, 0.1) is 22.7 Å². The molecule has 1 fully saturated rings. The molecule has 0 aromatic heterocycles. The van der Waals surface area contributed by atoms with E-state index in [1.54, 1.807) is 18.2 Å². The smallest absolute Gasteiger partial charge is 0.254 e. The van der Waals surface area contributed by atoms with Gasteiger partial charge in [-0.15, -0.1) is 0 Å². The van der Waals surface area contributed by atoms with E-state index in [0.29, 0.717) is 19.4 Å². The van der Waals surface area contributed by atoms with Gasteiger partial charge in [-0.2, -0.15) is 5.26 Å². The molecule has 3 N–H and O–H groups in total. The van der Waals surface area contributed by atoms with Gasteiger partial charge in [-0.25, -0.2) is 0 Å². The molecule has 1 aromatic carbocycles. The van der Waals surface area contributed by atoms with Crippen LogP contribution in [0.1, 0.15) is 50.4 Å². The first kappa shape index (κ1) is 24.0. The minimum Gasteiger partial charge on any atom is -0.356 e. The first-order valence-electron chi connectivity index (χ1n) is 9.74. The summed E-state index contributed by atoms with van der Waals surface area (Å²) < 4.78 is 0. The lowest BCUT2D eigenvalue weighted by molar-refractivity contribution is -0.125. The number of hydrogen-bond acceptors (Lipinski definition) is 4. The zero-order valence-electron chi connectivity index (χ0n) is 17.2. The third-order valence-electron chi connectivity index (χ3n) is 4.78. The second-order valence-corrected chi connectivity index (χ2v) is 9.40. The van der Waals surface area contributed by atoms with E-state index in [-0.39, 0.29) is 39.3 Å². The fourth-order valence-electron chi connectivity index (χ4n) is 3.34. The second kappa shape index (κ2) is 10.1. The second-order valence-electron chi connectivity index (χ2n) is 8.59. The van der Waals surface area contributed by atoms with E-state index in [2.05, 4.69) is 16.0 Å². The summed E-state index contributed by atoms with van der Waals surface area (Å²) in [6, 6.07) is 5.00. The molecular weight excluding hydrogens is 427 g/mol. The van der Waals surface area contributed by atoms with Crippen molar-refractivity contribution in [1.82, 2.24) is 16.0 Å². The number of carbonyl (C=O) groups is 3. The first-order chi connectivity index (χ1) is 14.0. The van der Waals surface area contributed by atoms with Crippen molar-refractivity contribution in [1.29, 1.82) is 5.26 Å². The Morgan fingerprint density at radius 1 is 1.27 bits per heavy atom. The van der Waals surface area contributed by atoms with E-state index in [1.807, 2.05) is 26.8 Å². The molecule has 0 radical (unpaired) electrons. The highest BCUT2D eigenvalue weighted by atomic mass is 35.5. The molecule has 0 unspecified atom stereocenters. The van der Waals surface area contributed by atoms with Crippen LogP contribution in [-0.4, -0.2) is 36.3 Å². The lowest BCUT2D eigenvalue weighted by atomic mass is 9.87. The highest BCUT2D eigenvalue weighted by Gasteiger charge is 2.32. The molecule has 1 aliphatic heterocycles. The Balaban J connectivity index is 2.14. The zero-order chi connectivity index (χ0) is 22.5. The van der Waals surface area contributed by atoms with Crippen LogP contribution in [0.5, 0.6) is 0 Å². The minimum absolute atomic E-state index is 0.0898. The van der Waals surface area contributed by atoms with Gasteiger partial charge in [0.15, 0.2) is 0 Å². The maximum absolute atomic E-state index is 12.9. The summed E-state index contributed by atoms with van der Waals surface area (Å²) >= 11 is 12.2. The Morgan fingerprint density at radius 2 is 1.90 bits per heavy atom. The predicted molar refractivity (Wildman–Crippen MR) is 115 cm³/mol. The molecule has 3 atom stereocenters. The number of hydrogen-bond donors (Lipinski definition) is 3. The van der Waals surface area contributed by atoms with Crippen LogP contribution >= 0.6 is 23.2 Å². The summed E-state index contributed by atoms with van der Waals surface area (Å²) in [4.78, 5) is 37.5. The Bertz CT molecular complexity index is 841. The van der Waals surface area contributed by atoms with Crippen LogP contribution in [-0.2, 0) is 9.59 Å². The first-order valence-corrected chi connectivity index (χ1v) is 10.5. The molecule has 0 bridgehead atoms. The fraction of sp³-hybridized carbons (Fsp3) is 0.524. The van der Waals surface area contributed by atoms with Gasteiger partial charge >= 0.3 is 0 Å². The lowest BCUT2D eigenvalue weighted by Crippen LogP contribution is -2.51. The minimum atomic E-state index is -0.905. The third kappa shape index (κ3) is 6.61. The summed E-state index contributed by atoms with van der Waals surface area (Å²) in [6.45, 7) is 6.38. The zero-order valence-corrected chi connectivity index (χ0v) is 18.7. The van der Waals surface area contributed by atoms with Crippen molar-refractivity contribution < 1.29 is 14.4 Å². The van der Waals surface area contributed by atoms with E-state index in [9.17, 15) is 19.6 Å². The van der Waals surface area contributed by atoms with Gasteiger partial charge in [0.1, 0.15) is 12.1 Å². The Hall–Kier alpha value is -2.30. The molecule has 0 saturated carbocycles. The molecule has 3 amide bonds. The quantitative estimate of drug-likeness (QED) is 0.589. The van der Waals surface area contributed by atoms with Gasteiger partial charge in [-0.05, 0) is 36.8 Å². The molecule has 1 aromatic rings. The Kier molecular flexibility index (Phi) is 8.10. The summed E-state index contributed by atoms with van der Waals surface area (Å²) in [7, 11) is 0. The van der Waals surface area contributed by atoms with Gasteiger partial charge < -0.3 is 16.0 Å². The van der Waals surface area contributed by atoms with Crippen LogP contribution in [0.15, 0.2) is 18.2 Å². The van der Waals surface area contributed by atoms with Crippen molar-refractivity contribution in [3.63, 3.8) is 0 Å². The fourth-order valence-corrected chi connectivity index (χ4v) is 3.91. The molecule has 7 nitrogen and oxygen atoms in total. The highest BCUT2D eigenvalue weighted by molar-refractivity contribution is 6.39. The summed E-state index contributed by atoms with van der Waals surface area (Å²) in [5, 5.41) is 17.9. The molecule has 30 heavy (non-hydrogen) atoms. The Labute approximate surface area is 186 Å². The summed E-state index contributed by atoms with van der Waals surface area (Å²) in [5.41, 5.74) is -0.195. The van der Waals surface area contributed by atoms with Gasteiger partial charge in [-0.3, -0.25) is 14.4 Å².